The number of carbonyl (C=O) groups excluding carboxylic acids is 1. The van der Waals surface area contributed by atoms with Crippen molar-refractivity contribution in [3.8, 4) is 0 Å². The molecule has 64 valence electrons. The molecule has 0 saturated heterocycles. The minimum absolute atomic E-state index is 0.172. The lowest BCUT2D eigenvalue weighted by atomic mass is 10.3. The van der Waals surface area contributed by atoms with E-state index in [4.69, 9.17) is 5.11 Å². The molecule has 0 fully saturated rings. The van der Waals surface area contributed by atoms with E-state index in [1.165, 1.54) is 0 Å². The van der Waals surface area contributed by atoms with E-state index >= 15 is 0 Å². The molecule has 0 aliphatic carbocycles. The fraction of sp³-hybridized carbons (Fsp3) is 0.625. The van der Waals surface area contributed by atoms with E-state index < -0.39 is 0 Å². The molecule has 0 saturated carbocycles. The second-order valence-corrected chi connectivity index (χ2v) is 2.49. The lowest BCUT2D eigenvalue weighted by Gasteiger charge is -2.16. The van der Waals surface area contributed by atoms with Crippen LogP contribution in [0.25, 0.3) is 0 Å². The first kappa shape index (κ1) is 10.2. The first-order valence-electron chi connectivity index (χ1n) is 3.67. The highest BCUT2D eigenvalue weighted by Crippen LogP contribution is 1.96. The van der Waals surface area contributed by atoms with Crippen molar-refractivity contribution in [3.63, 3.8) is 0 Å². The van der Waals surface area contributed by atoms with Gasteiger partial charge in [-0.3, -0.25) is 4.79 Å². The normalized spacial score (nSPS) is 9.36. The van der Waals surface area contributed by atoms with Crippen molar-refractivity contribution in [2.24, 2.45) is 0 Å². The molecule has 0 heterocycles. The molecule has 11 heavy (non-hydrogen) atoms. The van der Waals surface area contributed by atoms with Crippen LogP contribution in [-0.2, 0) is 4.79 Å². The summed E-state index contributed by atoms with van der Waals surface area (Å²) in [6.07, 6.45) is 0.918. The minimum Gasteiger partial charge on any atom is -0.391 e. The van der Waals surface area contributed by atoms with Crippen LogP contribution in [0.4, 0.5) is 0 Å². The first-order valence-corrected chi connectivity index (χ1v) is 3.67. The Hall–Kier alpha value is -0.830. The quantitative estimate of drug-likeness (QED) is 0.600. The highest BCUT2D eigenvalue weighted by atomic mass is 16.3. The van der Waals surface area contributed by atoms with Gasteiger partial charge < -0.3 is 10.0 Å². The van der Waals surface area contributed by atoms with Gasteiger partial charge in [0.2, 0.25) is 0 Å². The molecule has 0 rings (SSSR count). The maximum absolute atomic E-state index is 11.1. The van der Waals surface area contributed by atoms with Crippen LogP contribution in [-0.4, -0.2) is 36.1 Å². The summed E-state index contributed by atoms with van der Waals surface area (Å²) < 4.78 is 0. The van der Waals surface area contributed by atoms with Crippen LogP contribution in [0.3, 0.4) is 0 Å². The first-order chi connectivity index (χ1) is 5.13. The van der Waals surface area contributed by atoms with Crippen molar-refractivity contribution in [3.05, 3.63) is 12.2 Å². The Morgan fingerprint density at radius 3 is 2.55 bits per heavy atom. The SMILES string of the molecule is C=C(CO)C(=O)N(C)CCC. The Bertz CT molecular complexity index is 154. The van der Waals surface area contributed by atoms with E-state index in [0.717, 1.165) is 6.42 Å². The summed E-state index contributed by atoms with van der Waals surface area (Å²) in [4.78, 5) is 12.7. The highest BCUT2D eigenvalue weighted by molar-refractivity contribution is 5.92. The number of rotatable bonds is 4. The summed E-state index contributed by atoms with van der Waals surface area (Å²) in [6, 6.07) is 0. The van der Waals surface area contributed by atoms with E-state index in [-0.39, 0.29) is 18.1 Å². The Morgan fingerprint density at radius 1 is 1.64 bits per heavy atom. The summed E-state index contributed by atoms with van der Waals surface area (Å²) in [5.74, 6) is -0.172. The molecule has 0 unspecified atom stereocenters. The number of carbonyl (C=O) groups is 1. The van der Waals surface area contributed by atoms with Crippen molar-refractivity contribution >= 4 is 5.91 Å². The summed E-state index contributed by atoms with van der Waals surface area (Å²) in [5, 5.41) is 8.58. The summed E-state index contributed by atoms with van der Waals surface area (Å²) in [6.45, 7) is 5.88. The maximum atomic E-state index is 11.1. The van der Waals surface area contributed by atoms with Crippen molar-refractivity contribution in [2.45, 2.75) is 13.3 Å². The molecule has 3 nitrogen and oxygen atoms in total. The van der Waals surface area contributed by atoms with Gasteiger partial charge in [0.15, 0.2) is 0 Å². The molecule has 0 aliphatic rings. The van der Waals surface area contributed by atoms with Crippen LogP contribution in [0.2, 0.25) is 0 Å². The van der Waals surface area contributed by atoms with E-state index in [1.807, 2.05) is 6.92 Å². The third kappa shape index (κ3) is 3.18. The van der Waals surface area contributed by atoms with Crippen molar-refractivity contribution in [1.82, 2.24) is 4.90 Å². The van der Waals surface area contributed by atoms with E-state index in [0.29, 0.717) is 6.54 Å². The number of likely N-dealkylation sites (N-methyl/N-ethyl adjacent to an activating group) is 1. The third-order valence-corrected chi connectivity index (χ3v) is 1.40. The minimum atomic E-state index is -0.257. The van der Waals surface area contributed by atoms with E-state index in [9.17, 15) is 4.79 Å². The van der Waals surface area contributed by atoms with Gasteiger partial charge >= 0.3 is 0 Å². The van der Waals surface area contributed by atoms with Crippen LogP contribution in [0.1, 0.15) is 13.3 Å². The lowest BCUT2D eigenvalue weighted by Crippen LogP contribution is -2.29. The van der Waals surface area contributed by atoms with Crippen molar-refractivity contribution in [1.29, 1.82) is 0 Å². The van der Waals surface area contributed by atoms with Gasteiger partial charge in [-0.25, -0.2) is 0 Å². The fourth-order valence-corrected chi connectivity index (χ4v) is 0.775. The standard InChI is InChI=1S/C8H15NO2/c1-4-5-9(3)8(11)7(2)6-10/h10H,2,4-6H2,1,3H3. The van der Waals surface area contributed by atoms with Gasteiger partial charge in [0, 0.05) is 19.2 Å². The fourth-order valence-electron chi connectivity index (χ4n) is 0.775. The second kappa shape index (κ2) is 4.91. The van der Waals surface area contributed by atoms with E-state index in [2.05, 4.69) is 6.58 Å². The molecule has 0 aromatic heterocycles. The van der Waals surface area contributed by atoms with Gasteiger partial charge in [0.25, 0.3) is 5.91 Å². The van der Waals surface area contributed by atoms with Gasteiger partial charge in [-0.1, -0.05) is 13.5 Å². The van der Waals surface area contributed by atoms with Gasteiger partial charge in [-0.05, 0) is 6.42 Å². The zero-order chi connectivity index (χ0) is 8.85. The van der Waals surface area contributed by atoms with Crippen molar-refractivity contribution < 1.29 is 9.90 Å². The monoisotopic (exact) mass is 157 g/mol. The topological polar surface area (TPSA) is 40.5 Å². The van der Waals surface area contributed by atoms with Crippen LogP contribution < -0.4 is 0 Å². The number of hydrogen-bond donors (Lipinski definition) is 1. The Balaban J connectivity index is 3.91. The Kier molecular flexibility index (Phi) is 4.54. The summed E-state index contributed by atoms with van der Waals surface area (Å²) >= 11 is 0. The number of nitrogens with zero attached hydrogens (tertiary/aromatic N) is 1. The zero-order valence-electron chi connectivity index (χ0n) is 7.13. The number of aliphatic hydroxyl groups is 1. The second-order valence-electron chi connectivity index (χ2n) is 2.49. The average molecular weight is 157 g/mol. The van der Waals surface area contributed by atoms with Crippen LogP contribution in [0, 0.1) is 0 Å². The third-order valence-electron chi connectivity index (χ3n) is 1.40. The number of aliphatic hydroxyl groups excluding tert-OH is 1. The van der Waals surface area contributed by atoms with Crippen LogP contribution in [0.5, 0.6) is 0 Å². The van der Waals surface area contributed by atoms with Gasteiger partial charge in [0.05, 0.1) is 6.61 Å². The molecule has 0 atom stereocenters. The van der Waals surface area contributed by atoms with Gasteiger partial charge in [-0.2, -0.15) is 0 Å². The predicted octanol–water partition coefficient (Wildman–Crippen LogP) is 0.403. The molecule has 0 radical (unpaired) electrons. The van der Waals surface area contributed by atoms with E-state index in [1.54, 1.807) is 11.9 Å². The molecular weight excluding hydrogens is 142 g/mol. The highest BCUT2D eigenvalue weighted by Gasteiger charge is 2.09. The Morgan fingerprint density at radius 2 is 2.18 bits per heavy atom. The number of hydrogen-bond acceptors (Lipinski definition) is 2. The molecule has 3 heteroatoms. The number of amides is 1. The van der Waals surface area contributed by atoms with Crippen LogP contribution in [0.15, 0.2) is 12.2 Å². The summed E-state index contributed by atoms with van der Waals surface area (Å²) in [5.41, 5.74) is 0.251. The molecule has 0 aromatic rings. The molecule has 0 bridgehead atoms. The zero-order valence-corrected chi connectivity index (χ0v) is 7.13. The molecule has 0 spiro atoms. The average Bonchev–Trinajstić information content (AvgIpc) is 2.02. The summed E-state index contributed by atoms with van der Waals surface area (Å²) in [7, 11) is 1.70. The predicted molar refractivity (Wildman–Crippen MR) is 44.2 cm³/mol. The van der Waals surface area contributed by atoms with Crippen molar-refractivity contribution in [2.75, 3.05) is 20.2 Å². The molecule has 1 amide bonds. The lowest BCUT2D eigenvalue weighted by molar-refractivity contribution is -0.126. The smallest absolute Gasteiger partial charge is 0.251 e. The molecule has 0 aromatic carbocycles. The molecule has 0 aliphatic heterocycles. The van der Waals surface area contributed by atoms with Crippen LogP contribution >= 0.6 is 0 Å². The van der Waals surface area contributed by atoms with Gasteiger partial charge in [-0.15, -0.1) is 0 Å². The molecule has 1 N–H and O–H groups in total. The van der Waals surface area contributed by atoms with Gasteiger partial charge in [0.1, 0.15) is 0 Å². The Labute approximate surface area is 67.3 Å². The maximum Gasteiger partial charge on any atom is 0.251 e. The molecular formula is C8H15NO2. The largest absolute Gasteiger partial charge is 0.391 e.